The van der Waals surface area contributed by atoms with Crippen molar-refractivity contribution in [2.45, 2.75) is 62.2 Å². The molecule has 4 heterocycles. The van der Waals surface area contributed by atoms with E-state index >= 15 is 0 Å². The van der Waals surface area contributed by atoms with Gasteiger partial charge in [0.05, 0.1) is 23.4 Å². The van der Waals surface area contributed by atoms with Crippen LogP contribution in [-0.4, -0.2) is 83.6 Å². The number of aromatic nitrogens is 3. The van der Waals surface area contributed by atoms with E-state index < -0.39 is 22.2 Å². The van der Waals surface area contributed by atoms with Gasteiger partial charge in [-0.1, -0.05) is 0 Å². The molecule has 176 valence electrons. The van der Waals surface area contributed by atoms with Crippen molar-refractivity contribution in [1.29, 1.82) is 0 Å². The van der Waals surface area contributed by atoms with Crippen LogP contribution in [0.25, 0.3) is 11.0 Å². The minimum atomic E-state index is -3.35. The SMILES string of the molecule is CCO[C@H]1CNCC[C@@H]1n1ccc2cnc(N[C@@H]3CCN(S(=O)(=O)C4CC4)C[C@H]3F)nc21. The van der Waals surface area contributed by atoms with Crippen molar-refractivity contribution in [1.82, 2.24) is 24.2 Å². The minimum Gasteiger partial charge on any atom is -0.375 e. The second-order valence-electron chi connectivity index (χ2n) is 8.91. The molecule has 11 heteroatoms. The fourth-order valence-corrected chi connectivity index (χ4v) is 6.67. The average molecular weight is 467 g/mol. The third kappa shape index (κ3) is 4.23. The molecule has 2 aromatic heterocycles. The molecule has 2 N–H and O–H groups in total. The highest BCUT2D eigenvalue weighted by atomic mass is 32.2. The van der Waals surface area contributed by atoms with Crippen LogP contribution in [0.2, 0.25) is 0 Å². The Bertz CT molecular complexity index is 1060. The monoisotopic (exact) mass is 466 g/mol. The molecule has 0 amide bonds. The van der Waals surface area contributed by atoms with Gasteiger partial charge in [-0.05, 0) is 45.2 Å². The predicted octanol–water partition coefficient (Wildman–Crippen LogP) is 1.69. The molecular weight excluding hydrogens is 435 g/mol. The number of alkyl halides is 1. The van der Waals surface area contributed by atoms with Gasteiger partial charge in [0.25, 0.3) is 0 Å². The highest BCUT2D eigenvalue weighted by molar-refractivity contribution is 7.90. The van der Waals surface area contributed by atoms with Crippen molar-refractivity contribution in [2.75, 3.05) is 38.1 Å². The summed E-state index contributed by atoms with van der Waals surface area (Å²) >= 11 is 0. The average Bonchev–Trinajstić information content (AvgIpc) is 3.57. The van der Waals surface area contributed by atoms with Gasteiger partial charge < -0.3 is 19.9 Å². The van der Waals surface area contributed by atoms with Crippen molar-refractivity contribution in [2.24, 2.45) is 0 Å². The largest absolute Gasteiger partial charge is 0.375 e. The Morgan fingerprint density at radius 1 is 1.31 bits per heavy atom. The number of piperidine rings is 2. The molecule has 2 aromatic rings. The standard InChI is InChI=1S/C21H31FN6O3S/c1-2-31-19-12-23-8-5-18(19)28-10-6-14-11-24-21(26-20(14)28)25-17-7-9-27(13-16(17)22)32(29,30)15-3-4-15/h6,10-11,15-19,23H,2-5,7-9,12-13H2,1H3,(H,24,25,26)/t16-,17-,18+,19+/m1/s1. The summed E-state index contributed by atoms with van der Waals surface area (Å²) < 4.78 is 49.2. The molecule has 0 unspecified atom stereocenters. The highest BCUT2D eigenvalue weighted by Crippen LogP contribution is 2.33. The van der Waals surface area contributed by atoms with Crippen LogP contribution in [-0.2, 0) is 14.8 Å². The zero-order valence-corrected chi connectivity index (χ0v) is 19.1. The minimum absolute atomic E-state index is 0.0590. The number of fused-ring (bicyclic) bond motifs is 1. The molecule has 5 rings (SSSR count). The lowest BCUT2D eigenvalue weighted by molar-refractivity contribution is 0.0112. The van der Waals surface area contributed by atoms with Crippen LogP contribution in [0.1, 0.15) is 38.6 Å². The van der Waals surface area contributed by atoms with Gasteiger partial charge in [-0.2, -0.15) is 9.29 Å². The van der Waals surface area contributed by atoms with Gasteiger partial charge in [0.15, 0.2) is 0 Å². The van der Waals surface area contributed by atoms with E-state index in [1.54, 1.807) is 6.20 Å². The summed E-state index contributed by atoms with van der Waals surface area (Å²) in [5.74, 6) is 0.366. The number of rotatable bonds is 7. The maximum Gasteiger partial charge on any atom is 0.224 e. The van der Waals surface area contributed by atoms with E-state index in [9.17, 15) is 12.8 Å². The molecule has 0 spiro atoms. The number of nitrogens with one attached hydrogen (secondary N) is 2. The summed E-state index contributed by atoms with van der Waals surface area (Å²) in [6, 6.07) is 1.64. The summed E-state index contributed by atoms with van der Waals surface area (Å²) in [4.78, 5) is 9.08. The van der Waals surface area contributed by atoms with E-state index in [2.05, 4.69) is 20.2 Å². The van der Waals surface area contributed by atoms with Gasteiger partial charge in [0.1, 0.15) is 11.8 Å². The van der Waals surface area contributed by atoms with E-state index in [4.69, 9.17) is 9.72 Å². The molecule has 1 aliphatic carbocycles. The zero-order chi connectivity index (χ0) is 22.3. The number of hydrogen-bond donors (Lipinski definition) is 2. The Balaban J connectivity index is 1.31. The van der Waals surface area contributed by atoms with E-state index in [0.717, 1.165) is 30.5 Å². The van der Waals surface area contributed by atoms with E-state index in [1.165, 1.54) is 4.31 Å². The quantitative estimate of drug-likeness (QED) is 0.640. The van der Waals surface area contributed by atoms with Gasteiger partial charge in [0, 0.05) is 44.0 Å². The normalized spacial score (nSPS) is 29.9. The van der Waals surface area contributed by atoms with Gasteiger partial charge in [-0.25, -0.2) is 17.8 Å². The summed E-state index contributed by atoms with van der Waals surface area (Å²) in [7, 11) is -3.35. The molecule has 3 aliphatic rings. The van der Waals surface area contributed by atoms with Crippen molar-refractivity contribution < 1.29 is 17.5 Å². The Morgan fingerprint density at radius 2 is 2.16 bits per heavy atom. The molecular formula is C21H31FN6O3S. The number of nitrogens with zero attached hydrogens (tertiary/aromatic N) is 4. The fourth-order valence-electron chi connectivity index (χ4n) is 4.81. The summed E-state index contributed by atoms with van der Waals surface area (Å²) in [6.45, 7) is 4.56. The van der Waals surface area contributed by atoms with Crippen LogP contribution in [0.4, 0.5) is 10.3 Å². The Labute approximate surface area is 187 Å². The van der Waals surface area contributed by atoms with Gasteiger partial charge in [-0.15, -0.1) is 0 Å². The first-order valence-corrected chi connectivity index (χ1v) is 13.0. The van der Waals surface area contributed by atoms with Gasteiger partial charge in [0.2, 0.25) is 16.0 Å². The number of hydrogen-bond acceptors (Lipinski definition) is 7. The van der Waals surface area contributed by atoms with Gasteiger partial charge in [-0.3, -0.25) is 0 Å². The van der Waals surface area contributed by atoms with E-state index in [0.29, 0.717) is 38.4 Å². The number of ether oxygens (including phenoxy) is 1. The van der Waals surface area contributed by atoms with E-state index in [-0.39, 0.29) is 23.9 Å². The molecule has 9 nitrogen and oxygen atoms in total. The molecule has 0 bridgehead atoms. The van der Waals surface area contributed by atoms with Gasteiger partial charge >= 0.3 is 0 Å². The predicted molar refractivity (Wildman–Crippen MR) is 120 cm³/mol. The molecule has 4 atom stereocenters. The highest BCUT2D eigenvalue weighted by Gasteiger charge is 2.43. The number of sulfonamides is 1. The van der Waals surface area contributed by atoms with Crippen LogP contribution >= 0.6 is 0 Å². The molecule has 1 saturated carbocycles. The van der Waals surface area contributed by atoms with Crippen molar-refractivity contribution in [3.63, 3.8) is 0 Å². The first-order valence-electron chi connectivity index (χ1n) is 11.5. The Hall–Kier alpha value is -1.82. The van der Waals surface area contributed by atoms with Crippen LogP contribution in [0.5, 0.6) is 0 Å². The fraction of sp³-hybridized carbons (Fsp3) is 0.714. The van der Waals surface area contributed by atoms with Crippen LogP contribution < -0.4 is 10.6 Å². The summed E-state index contributed by atoms with van der Waals surface area (Å²) in [6.07, 6.45) is 5.21. The third-order valence-corrected chi connectivity index (χ3v) is 9.07. The molecule has 0 radical (unpaired) electrons. The van der Waals surface area contributed by atoms with Crippen LogP contribution in [0.3, 0.4) is 0 Å². The lowest BCUT2D eigenvalue weighted by atomic mass is 10.0. The lowest BCUT2D eigenvalue weighted by Gasteiger charge is -2.34. The van der Waals surface area contributed by atoms with Crippen LogP contribution in [0, 0.1) is 0 Å². The second kappa shape index (κ2) is 8.85. The first kappa shape index (κ1) is 22.0. The molecule has 3 fully saturated rings. The third-order valence-electron chi connectivity index (χ3n) is 6.71. The van der Waals surface area contributed by atoms with Crippen LogP contribution in [0.15, 0.2) is 18.5 Å². The topological polar surface area (TPSA) is 101 Å². The molecule has 2 saturated heterocycles. The zero-order valence-electron chi connectivity index (χ0n) is 18.3. The first-order chi connectivity index (χ1) is 15.5. The maximum absolute atomic E-state index is 14.9. The molecule has 0 aromatic carbocycles. The summed E-state index contributed by atoms with van der Waals surface area (Å²) in [5.41, 5.74) is 0.795. The number of halogens is 1. The Kier molecular flexibility index (Phi) is 6.08. The molecule has 2 aliphatic heterocycles. The second-order valence-corrected chi connectivity index (χ2v) is 11.1. The maximum atomic E-state index is 14.9. The van der Waals surface area contributed by atoms with E-state index in [1.807, 2.05) is 19.2 Å². The van der Waals surface area contributed by atoms with Crippen molar-refractivity contribution in [3.8, 4) is 0 Å². The lowest BCUT2D eigenvalue weighted by Crippen LogP contribution is -2.50. The molecule has 32 heavy (non-hydrogen) atoms. The van der Waals surface area contributed by atoms with Crippen molar-refractivity contribution in [3.05, 3.63) is 18.5 Å². The summed E-state index contributed by atoms with van der Waals surface area (Å²) in [5, 5.41) is 7.11. The Morgan fingerprint density at radius 3 is 2.91 bits per heavy atom. The number of anilines is 1. The smallest absolute Gasteiger partial charge is 0.224 e. The van der Waals surface area contributed by atoms with Crippen molar-refractivity contribution >= 4 is 27.0 Å².